The fourth-order valence-corrected chi connectivity index (χ4v) is 3.12. The van der Waals surface area contributed by atoms with Crippen molar-refractivity contribution in [2.24, 2.45) is 5.92 Å². The van der Waals surface area contributed by atoms with Crippen molar-refractivity contribution in [2.75, 3.05) is 64.3 Å². The van der Waals surface area contributed by atoms with Gasteiger partial charge < -0.3 is 15.1 Å². The Kier molecular flexibility index (Phi) is 13.1. The minimum absolute atomic E-state index is 0. The number of anilines is 1. The molecule has 1 aliphatic heterocycles. The Balaban J connectivity index is 0.00000225. The third kappa shape index (κ3) is 8.88. The molecule has 2 fully saturated rings. The first kappa shape index (κ1) is 26.3. The molecular formula is C19H33Cl3N4O. The third-order valence-electron chi connectivity index (χ3n) is 5.08. The topological polar surface area (TPSA) is 38.8 Å². The van der Waals surface area contributed by atoms with Gasteiger partial charge in [-0.15, -0.1) is 37.2 Å². The van der Waals surface area contributed by atoms with E-state index in [1.54, 1.807) is 0 Å². The highest BCUT2D eigenvalue weighted by Gasteiger charge is 2.21. The van der Waals surface area contributed by atoms with Crippen molar-refractivity contribution in [2.45, 2.75) is 12.8 Å². The van der Waals surface area contributed by atoms with Gasteiger partial charge in [0.05, 0.1) is 6.54 Å². The molecule has 1 aliphatic carbocycles. The van der Waals surface area contributed by atoms with Gasteiger partial charge in [-0.1, -0.05) is 18.2 Å². The van der Waals surface area contributed by atoms with Crippen molar-refractivity contribution in [1.82, 2.24) is 15.1 Å². The molecule has 1 aromatic rings. The molecule has 0 aromatic heterocycles. The lowest BCUT2D eigenvalue weighted by molar-refractivity contribution is -0.129. The molecule has 1 heterocycles. The molecule has 2 aliphatic rings. The Morgan fingerprint density at radius 1 is 1.07 bits per heavy atom. The first-order valence-electron chi connectivity index (χ1n) is 9.19. The number of hydrogen-bond acceptors (Lipinski definition) is 4. The molecule has 0 spiro atoms. The minimum Gasteiger partial charge on any atom is -0.369 e. The van der Waals surface area contributed by atoms with E-state index >= 15 is 0 Å². The van der Waals surface area contributed by atoms with Gasteiger partial charge >= 0.3 is 0 Å². The first-order chi connectivity index (χ1) is 11.7. The number of piperazine rings is 1. The zero-order chi connectivity index (χ0) is 16.8. The van der Waals surface area contributed by atoms with Crippen LogP contribution in [0.5, 0.6) is 0 Å². The van der Waals surface area contributed by atoms with Crippen LogP contribution in [-0.2, 0) is 4.79 Å². The number of rotatable bonds is 8. The maximum atomic E-state index is 12.1. The number of nitrogens with zero attached hydrogens (tertiary/aromatic N) is 3. The Bertz CT molecular complexity index is 523. The number of carbonyl (C=O) groups is 1. The first-order valence-corrected chi connectivity index (χ1v) is 9.19. The third-order valence-corrected chi connectivity index (χ3v) is 5.08. The van der Waals surface area contributed by atoms with Crippen molar-refractivity contribution in [1.29, 1.82) is 0 Å². The largest absolute Gasteiger partial charge is 0.369 e. The number of hydrogen-bond donors (Lipinski definition) is 1. The lowest BCUT2D eigenvalue weighted by Gasteiger charge is -2.36. The maximum absolute atomic E-state index is 12.1. The second-order valence-electron chi connectivity index (χ2n) is 7.05. The highest BCUT2D eigenvalue weighted by atomic mass is 35.5. The van der Waals surface area contributed by atoms with Gasteiger partial charge in [-0.3, -0.25) is 9.69 Å². The van der Waals surface area contributed by atoms with Crippen molar-refractivity contribution in [3.8, 4) is 0 Å². The maximum Gasteiger partial charge on any atom is 0.236 e. The van der Waals surface area contributed by atoms with Crippen LogP contribution < -0.4 is 10.2 Å². The molecule has 1 N–H and O–H groups in total. The minimum atomic E-state index is 0. The van der Waals surface area contributed by atoms with E-state index in [1.807, 2.05) is 11.9 Å². The van der Waals surface area contributed by atoms with E-state index in [1.165, 1.54) is 18.5 Å². The number of amides is 1. The number of carbonyl (C=O) groups excluding carboxylic acids is 1. The molecule has 1 aromatic carbocycles. The molecule has 156 valence electrons. The van der Waals surface area contributed by atoms with E-state index in [9.17, 15) is 4.79 Å². The van der Waals surface area contributed by atoms with E-state index in [4.69, 9.17) is 0 Å². The SMILES string of the molecule is CN(CCN1CCN(c2ccccc2)CC1)C(=O)CNCC1CC1.Cl.Cl.Cl. The molecule has 27 heavy (non-hydrogen) atoms. The Labute approximate surface area is 182 Å². The Morgan fingerprint density at radius 3 is 2.30 bits per heavy atom. The molecule has 0 unspecified atom stereocenters. The standard InChI is InChI=1S/C19H30N4O.3ClH/c1-21(19(24)16-20-15-17-7-8-17)9-10-22-11-13-23(14-12-22)18-5-3-2-4-6-18;;;/h2-6,17,20H,7-16H2,1H3;3*1H. The average Bonchev–Trinajstić information content (AvgIpc) is 3.45. The normalized spacial score (nSPS) is 16.6. The van der Waals surface area contributed by atoms with Crippen LogP contribution in [0, 0.1) is 5.92 Å². The summed E-state index contributed by atoms with van der Waals surface area (Å²) in [6.07, 6.45) is 2.65. The van der Waals surface area contributed by atoms with Gasteiger partial charge in [-0.25, -0.2) is 0 Å². The average molecular weight is 440 g/mol. The van der Waals surface area contributed by atoms with Crippen molar-refractivity contribution < 1.29 is 4.79 Å². The molecule has 1 saturated heterocycles. The van der Waals surface area contributed by atoms with Crippen LogP contribution in [0.3, 0.4) is 0 Å². The molecule has 0 radical (unpaired) electrons. The molecular weight excluding hydrogens is 407 g/mol. The lowest BCUT2D eigenvalue weighted by Crippen LogP contribution is -2.49. The van der Waals surface area contributed by atoms with Crippen LogP contribution in [0.4, 0.5) is 5.69 Å². The molecule has 1 amide bonds. The zero-order valence-electron chi connectivity index (χ0n) is 16.0. The van der Waals surface area contributed by atoms with Crippen LogP contribution in [0.25, 0.3) is 0 Å². The monoisotopic (exact) mass is 438 g/mol. The highest BCUT2D eigenvalue weighted by molar-refractivity contribution is 5.86. The van der Waals surface area contributed by atoms with Crippen molar-refractivity contribution in [3.05, 3.63) is 30.3 Å². The smallest absolute Gasteiger partial charge is 0.236 e. The van der Waals surface area contributed by atoms with Crippen LogP contribution in [0.1, 0.15) is 12.8 Å². The lowest BCUT2D eigenvalue weighted by atomic mass is 10.2. The summed E-state index contributed by atoms with van der Waals surface area (Å²) in [5.41, 5.74) is 1.31. The highest BCUT2D eigenvalue weighted by Crippen LogP contribution is 2.27. The van der Waals surface area contributed by atoms with E-state index < -0.39 is 0 Å². The number of benzene rings is 1. The molecule has 5 nitrogen and oxygen atoms in total. The van der Waals surface area contributed by atoms with Crippen LogP contribution >= 0.6 is 37.2 Å². The van der Waals surface area contributed by atoms with E-state index in [0.717, 1.165) is 51.7 Å². The summed E-state index contributed by atoms with van der Waals surface area (Å²) in [6.45, 7) is 7.52. The summed E-state index contributed by atoms with van der Waals surface area (Å²) in [4.78, 5) is 18.9. The zero-order valence-corrected chi connectivity index (χ0v) is 18.5. The van der Waals surface area contributed by atoms with E-state index in [0.29, 0.717) is 6.54 Å². The summed E-state index contributed by atoms with van der Waals surface area (Å²) in [5.74, 6) is 1.03. The summed E-state index contributed by atoms with van der Waals surface area (Å²) in [7, 11) is 1.92. The fourth-order valence-electron chi connectivity index (χ4n) is 3.12. The van der Waals surface area contributed by atoms with Gasteiger partial charge in [0.25, 0.3) is 0 Å². The number of nitrogens with one attached hydrogen (secondary N) is 1. The predicted molar refractivity (Wildman–Crippen MR) is 120 cm³/mol. The Hall–Kier alpha value is -0.720. The summed E-state index contributed by atoms with van der Waals surface area (Å²) in [5, 5.41) is 3.28. The van der Waals surface area contributed by atoms with Gasteiger partial charge in [0, 0.05) is 52.0 Å². The van der Waals surface area contributed by atoms with Crippen LogP contribution in [0.2, 0.25) is 0 Å². The number of likely N-dealkylation sites (N-methyl/N-ethyl adjacent to an activating group) is 1. The van der Waals surface area contributed by atoms with Gasteiger partial charge in [-0.05, 0) is 37.4 Å². The summed E-state index contributed by atoms with van der Waals surface area (Å²) < 4.78 is 0. The van der Waals surface area contributed by atoms with Crippen molar-refractivity contribution >= 4 is 48.8 Å². The van der Waals surface area contributed by atoms with Crippen LogP contribution in [0.15, 0.2) is 30.3 Å². The van der Waals surface area contributed by atoms with E-state index in [2.05, 4.69) is 45.4 Å². The van der Waals surface area contributed by atoms with Gasteiger partial charge in [0.1, 0.15) is 0 Å². The second kappa shape index (κ2) is 13.5. The van der Waals surface area contributed by atoms with Gasteiger partial charge in [0.15, 0.2) is 0 Å². The van der Waals surface area contributed by atoms with Crippen molar-refractivity contribution in [3.63, 3.8) is 0 Å². The second-order valence-corrected chi connectivity index (χ2v) is 7.05. The van der Waals surface area contributed by atoms with Gasteiger partial charge in [0.2, 0.25) is 5.91 Å². The molecule has 3 rings (SSSR count). The quantitative estimate of drug-likeness (QED) is 0.675. The molecule has 0 bridgehead atoms. The number of halogens is 3. The predicted octanol–water partition coefficient (Wildman–Crippen LogP) is 2.53. The van der Waals surface area contributed by atoms with E-state index in [-0.39, 0.29) is 43.1 Å². The molecule has 8 heteroatoms. The van der Waals surface area contributed by atoms with Gasteiger partial charge in [-0.2, -0.15) is 0 Å². The molecule has 0 atom stereocenters. The Morgan fingerprint density at radius 2 is 1.70 bits per heavy atom. The van der Waals surface area contributed by atoms with Crippen LogP contribution in [-0.4, -0.2) is 75.1 Å². The number of para-hydroxylation sites is 1. The fraction of sp³-hybridized carbons (Fsp3) is 0.632. The summed E-state index contributed by atoms with van der Waals surface area (Å²) >= 11 is 0. The summed E-state index contributed by atoms with van der Waals surface area (Å²) in [6, 6.07) is 10.6. The molecule has 1 saturated carbocycles.